The first kappa shape index (κ1) is 16.2. The van der Waals surface area contributed by atoms with Crippen molar-refractivity contribution in [3.05, 3.63) is 46.2 Å². The standard InChI is InChI=1S/C19H15N3O4S/c1-25-13(23)8-22-9-20-16-14-10-4-2-5-11(10)15(12-6-3-7-26-12)21-18(14)27-17(16)19(22)24/h3,6-7,9H,2,4-5,8H2,1H3. The quantitative estimate of drug-likeness (QED) is 0.507. The SMILES string of the molecule is COC(=O)Cn1cnc2c(sc3nc(-c4ccco4)c4c(c32)CCC4)c1=O. The minimum absolute atomic E-state index is 0.157. The second-order valence-electron chi connectivity index (χ2n) is 6.46. The second kappa shape index (κ2) is 6.02. The number of hydrogen-bond acceptors (Lipinski definition) is 7. The second-order valence-corrected chi connectivity index (χ2v) is 7.46. The molecule has 7 nitrogen and oxygen atoms in total. The van der Waals surface area contributed by atoms with E-state index in [-0.39, 0.29) is 12.1 Å². The molecule has 0 saturated carbocycles. The number of rotatable bonds is 3. The summed E-state index contributed by atoms with van der Waals surface area (Å²) in [5, 5.41) is 0.958. The topological polar surface area (TPSA) is 87.2 Å². The van der Waals surface area contributed by atoms with Crippen LogP contribution in [0, 0.1) is 0 Å². The molecule has 136 valence electrons. The molecule has 1 aliphatic rings. The number of aromatic nitrogens is 3. The van der Waals surface area contributed by atoms with E-state index in [0.717, 1.165) is 40.9 Å². The molecule has 0 fully saturated rings. The minimum atomic E-state index is -0.488. The zero-order valence-corrected chi connectivity index (χ0v) is 15.3. The summed E-state index contributed by atoms with van der Waals surface area (Å²) in [4.78, 5) is 34.5. The third kappa shape index (κ3) is 2.40. The van der Waals surface area contributed by atoms with Crippen molar-refractivity contribution in [3.8, 4) is 11.5 Å². The molecule has 1 aliphatic carbocycles. The van der Waals surface area contributed by atoms with Gasteiger partial charge in [-0.05, 0) is 42.5 Å². The molecular formula is C19H15N3O4S. The van der Waals surface area contributed by atoms with Gasteiger partial charge in [0.1, 0.15) is 21.8 Å². The van der Waals surface area contributed by atoms with Crippen LogP contribution in [0.5, 0.6) is 0 Å². The molecule has 0 saturated heterocycles. The van der Waals surface area contributed by atoms with Crippen LogP contribution >= 0.6 is 11.3 Å². The number of methoxy groups -OCH3 is 1. The number of fused-ring (bicyclic) bond motifs is 5. The van der Waals surface area contributed by atoms with E-state index in [2.05, 4.69) is 9.72 Å². The summed E-state index contributed by atoms with van der Waals surface area (Å²) in [5.74, 6) is 0.252. The van der Waals surface area contributed by atoms with Crippen LogP contribution in [0.2, 0.25) is 0 Å². The van der Waals surface area contributed by atoms with Crippen molar-refractivity contribution in [3.63, 3.8) is 0 Å². The molecule has 0 unspecified atom stereocenters. The van der Waals surface area contributed by atoms with Gasteiger partial charge in [0.25, 0.3) is 5.56 Å². The predicted molar refractivity (Wildman–Crippen MR) is 101 cm³/mol. The van der Waals surface area contributed by atoms with Gasteiger partial charge in [-0.1, -0.05) is 0 Å². The van der Waals surface area contributed by atoms with Gasteiger partial charge in [-0.25, -0.2) is 9.97 Å². The molecule has 0 atom stereocenters. The molecule has 8 heteroatoms. The van der Waals surface area contributed by atoms with Crippen LogP contribution in [-0.4, -0.2) is 27.6 Å². The first-order valence-corrected chi connectivity index (χ1v) is 9.43. The number of ether oxygens (including phenoxy) is 1. The van der Waals surface area contributed by atoms with Gasteiger partial charge in [0.05, 0.1) is 25.2 Å². The number of nitrogens with zero attached hydrogens (tertiary/aromatic N) is 3. The number of furan rings is 1. The average Bonchev–Trinajstić information content (AvgIpc) is 3.41. The summed E-state index contributed by atoms with van der Waals surface area (Å²) in [6.07, 6.45) is 5.96. The summed E-state index contributed by atoms with van der Waals surface area (Å²) in [7, 11) is 1.29. The first-order valence-electron chi connectivity index (χ1n) is 8.61. The van der Waals surface area contributed by atoms with Crippen molar-refractivity contribution >= 4 is 37.7 Å². The number of esters is 1. The third-order valence-electron chi connectivity index (χ3n) is 4.95. The van der Waals surface area contributed by atoms with Crippen LogP contribution in [0.25, 0.3) is 31.9 Å². The van der Waals surface area contributed by atoms with Gasteiger partial charge in [0.15, 0.2) is 5.76 Å². The van der Waals surface area contributed by atoms with Crippen molar-refractivity contribution in [1.29, 1.82) is 0 Å². The number of aryl methyl sites for hydroxylation is 1. The van der Waals surface area contributed by atoms with Gasteiger partial charge in [-0.2, -0.15) is 0 Å². The number of carbonyl (C=O) groups excluding carboxylic acids is 1. The van der Waals surface area contributed by atoms with Crippen LogP contribution < -0.4 is 5.56 Å². The molecule has 0 radical (unpaired) electrons. The third-order valence-corrected chi connectivity index (χ3v) is 6.01. The summed E-state index contributed by atoms with van der Waals surface area (Å²) in [5.41, 5.74) is 3.65. The monoisotopic (exact) mass is 381 g/mol. The Morgan fingerprint density at radius 2 is 2.22 bits per heavy atom. The average molecular weight is 381 g/mol. The van der Waals surface area contributed by atoms with Crippen LogP contribution in [0.15, 0.2) is 33.9 Å². The highest BCUT2D eigenvalue weighted by molar-refractivity contribution is 7.25. The number of thiophene rings is 1. The van der Waals surface area contributed by atoms with Crippen LogP contribution in [0.3, 0.4) is 0 Å². The van der Waals surface area contributed by atoms with Gasteiger partial charge >= 0.3 is 5.97 Å². The zero-order chi connectivity index (χ0) is 18.5. The van der Waals surface area contributed by atoms with Crippen molar-refractivity contribution in [1.82, 2.24) is 14.5 Å². The zero-order valence-electron chi connectivity index (χ0n) is 14.5. The lowest BCUT2D eigenvalue weighted by molar-refractivity contribution is -0.141. The Labute approximate surface area is 157 Å². The predicted octanol–water partition coefficient (Wildman–Crippen LogP) is 2.93. The Morgan fingerprint density at radius 1 is 1.37 bits per heavy atom. The Hall–Kier alpha value is -3.00. The summed E-state index contributed by atoms with van der Waals surface area (Å²) in [6, 6.07) is 3.75. The molecule has 27 heavy (non-hydrogen) atoms. The highest BCUT2D eigenvalue weighted by Gasteiger charge is 2.26. The van der Waals surface area contributed by atoms with Gasteiger partial charge < -0.3 is 9.15 Å². The van der Waals surface area contributed by atoms with E-state index in [1.165, 1.54) is 40.5 Å². The Morgan fingerprint density at radius 3 is 3.00 bits per heavy atom. The Balaban J connectivity index is 1.79. The van der Waals surface area contributed by atoms with Crippen molar-refractivity contribution in [2.75, 3.05) is 7.11 Å². The van der Waals surface area contributed by atoms with Crippen LogP contribution in [0.4, 0.5) is 0 Å². The van der Waals surface area contributed by atoms with Crippen LogP contribution in [-0.2, 0) is 28.9 Å². The molecule has 0 bridgehead atoms. The highest BCUT2D eigenvalue weighted by Crippen LogP contribution is 2.41. The highest BCUT2D eigenvalue weighted by atomic mass is 32.1. The van der Waals surface area contributed by atoms with Crippen molar-refractivity contribution in [2.24, 2.45) is 0 Å². The molecule has 0 spiro atoms. The van der Waals surface area contributed by atoms with E-state index in [9.17, 15) is 9.59 Å². The summed E-state index contributed by atoms with van der Waals surface area (Å²) >= 11 is 1.31. The van der Waals surface area contributed by atoms with E-state index >= 15 is 0 Å². The Bertz CT molecular complexity index is 1250. The largest absolute Gasteiger partial charge is 0.468 e. The maximum Gasteiger partial charge on any atom is 0.325 e. The molecule has 0 aromatic carbocycles. The number of carbonyl (C=O) groups is 1. The fourth-order valence-corrected chi connectivity index (χ4v) is 4.83. The van der Waals surface area contributed by atoms with Gasteiger partial charge in [0.2, 0.25) is 0 Å². The van der Waals surface area contributed by atoms with Crippen molar-refractivity contribution < 1.29 is 13.9 Å². The summed E-state index contributed by atoms with van der Waals surface area (Å²) in [6.45, 7) is -0.157. The first-order chi connectivity index (χ1) is 13.2. The van der Waals surface area contributed by atoms with E-state index in [1.54, 1.807) is 6.26 Å². The molecule has 0 aliphatic heterocycles. The lowest BCUT2D eigenvalue weighted by atomic mass is 10.0. The molecule has 0 amide bonds. The normalized spacial score (nSPS) is 13.4. The lowest BCUT2D eigenvalue weighted by Gasteiger charge is -2.07. The van der Waals surface area contributed by atoms with E-state index in [1.807, 2.05) is 12.1 Å². The molecule has 4 aromatic heterocycles. The van der Waals surface area contributed by atoms with E-state index < -0.39 is 5.97 Å². The van der Waals surface area contributed by atoms with Crippen molar-refractivity contribution in [2.45, 2.75) is 25.8 Å². The molecule has 4 aromatic rings. The van der Waals surface area contributed by atoms with Crippen LogP contribution in [0.1, 0.15) is 17.5 Å². The minimum Gasteiger partial charge on any atom is -0.468 e. The maximum atomic E-state index is 12.8. The van der Waals surface area contributed by atoms with E-state index in [4.69, 9.17) is 9.40 Å². The number of pyridine rings is 1. The molecule has 4 heterocycles. The smallest absolute Gasteiger partial charge is 0.325 e. The molecule has 0 N–H and O–H groups in total. The lowest BCUT2D eigenvalue weighted by Crippen LogP contribution is -2.24. The van der Waals surface area contributed by atoms with Gasteiger partial charge in [0, 0.05) is 5.39 Å². The molecular weight excluding hydrogens is 366 g/mol. The Kier molecular flexibility index (Phi) is 3.61. The van der Waals surface area contributed by atoms with Gasteiger partial charge in [-0.3, -0.25) is 14.2 Å². The maximum absolute atomic E-state index is 12.8. The van der Waals surface area contributed by atoms with Gasteiger partial charge in [-0.15, -0.1) is 11.3 Å². The fraction of sp³-hybridized carbons (Fsp3) is 0.263. The number of hydrogen-bond donors (Lipinski definition) is 0. The molecule has 5 rings (SSSR count). The summed E-state index contributed by atoms with van der Waals surface area (Å²) < 4.78 is 12.0. The van der Waals surface area contributed by atoms with E-state index in [0.29, 0.717) is 10.2 Å². The fourth-order valence-electron chi connectivity index (χ4n) is 3.72.